The van der Waals surface area contributed by atoms with Gasteiger partial charge in [-0.3, -0.25) is 14.4 Å². The first-order chi connectivity index (χ1) is 37.0. The van der Waals surface area contributed by atoms with E-state index in [1.807, 2.05) is 0 Å². The average Bonchev–Trinajstić information content (AvgIpc) is 3.41. The van der Waals surface area contributed by atoms with Crippen molar-refractivity contribution in [3.05, 3.63) is 97.2 Å². The molecular formula is C69H118O6. The fraction of sp³-hybridized carbons (Fsp3) is 0.725. The van der Waals surface area contributed by atoms with Crippen LogP contribution in [0.1, 0.15) is 303 Å². The summed E-state index contributed by atoms with van der Waals surface area (Å²) in [7, 11) is 0. The minimum Gasteiger partial charge on any atom is -0.462 e. The fourth-order valence-corrected chi connectivity index (χ4v) is 8.79. The molecule has 0 aliphatic carbocycles. The van der Waals surface area contributed by atoms with Gasteiger partial charge in [0.1, 0.15) is 13.2 Å². The van der Waals surface area contributed by atoms with Crippen molar-refractivity contribution in [3.8, 4) is 0 Å². The quantitative estimate of drug-likeness (QED) is 0.0261. The lowest BCUT2D eigenvalue weighted by Crippen LogP contribution is -2.30. The number of rotatable bonds is 57. The Morgan fingerprint density at radius 2 is 0.520 bits per heavy atom. The Balaban J connectivity index is 4.43. The van der Waals surface area contributed by atoms with Gasteiger partial charge in [-0.25, -0.2) is 0 Å². The Bertz CT molecular complexity index is 1480. The second-order valence-electron chi connectivity index (χ2n) is 20.9. The smallest absolute Gasteiger partial charge is 0.306 e. The fourth-order valence-electron chi connectivity index (χ4n) is 8.79. The van der Waals surface area contributed by atoms with Crippen molar-refractivity contribution in [2.75, 3.05) is 13.2 Å². The number of hydrogen-bond donors (Lipinski definition) is 0. The molecule has 0 N–H and O–H groups in total. The van der Waals surface area contributed by atoms with Crippen LogP contribution in [-0.4, -0.2) is 37.2 Å². The second kappa shape index (κ2) is 62.9. The molecule has 0 fully saturated rings. The highest BCUT2D eigenvalue weighted by Gasteiger charge is 2.19. The predicted molar refractivity (Wildman–Crippen MR) is 325 cm³/mol. The van der Waals surface area contributed by atoms with Gasteiger partial charge < -0.3 is 14.2 Å². The van der Waals surface area contributed by atoms with Crippen LogP contribution >= 0.6 is 0 Å². The van der Waals surface area contributed by atoms with Gasteiger partial charge in [0.25, 0.3) is 0 Å². The molecule has 0 rings (SSSR count). The van der Waals surface area contributed by atoms with E-state index in [4.69, 9.17) is 14.2 Å². The number of ether oxygens (including phenoxy) is 3. The molecule has 6 heteroatoms. The van der Waals surface area contributed by atoms with Gasteiger partial charge in [0.05, 0.1) is 0 Å². The van der Waals surface area contributed by atoms with E-state index < -0.39 is 6.10 Å². The number of hydrogen-bond acceptors (Lipinski definition) is 6. The van der Waals surface area contributed by atoms with Crippen molar-refractivity contribution in [3.63, 3.8) is 0 Å². The van der Waals surface area contributed by atoms with E-state index in [9.17, 15) is 14.4 Å². The van der Waals surface area contributed by atoms with Gasteiger partial charge in [0.2, 0.25) is 0 Å². The molecule has 0 aliphatic rings. The normalized spacial score (nSPS) is 12.7. The Morgan fingerprint density at radius 1 is 0.280 bits per heavy atom. The van der Waals surface area contributed by atoms with Gasteiger partial charge in [0, 0.05) is 19.3 Å². The third kappa shape index (κ3) is 61.1. The molecule has 0 aliphatic heterocycles. The molecular weight excluding hydrogens is 925 g/mol. The molecule has 1 unspecified atom stereocenters. The van der Waals surface area contributed by atoms with Gasteiger partial charge in [-0.2, -0.15) is 0 Å². The molecule has 0 spiro atoms. The molecule has 0 aromatic carbocycles. The van der Waals surface area contributed by atoms with Crippen molar-refractivity contribution < 1.29 is 28.6 Å². The Hall–Kier alpha value is -3.67. The molecule has 0 saturated heterocycles. The summed E-state index contributed by atoms with van der Waals surface area (Å²) in [6.45, 7) is 6.49. The van der Waals surface area contributed by atoms with Gasteiger partial charge in [-0.15, -0.1) is 0 Å². The summed E-state index contributed by atoms with van der Waals surface area (Å²) in [5.74, 6) is -0.922. The third-order valence-electron chi connectivity index (χ3n) is 13.5. The van der Waals surface area contributed by atoms with Crippen LogP contribution in [0, 0.1) is 0 Å². The summed E-state index contributed by atoms with van der Waals surface area (Å²) in [6, 6.07) is 0. The molecule has 0 radical (unpaired) electrons. The van der Waals surface area contributed by atoms with Crippen molar-refractivity contribution in [2.24, 2.45) is 0 Å². The van der Waals surface area contributed by atoms with Gasteiger partial charge in [0.15, 0.2) is 6.10 Å². The molecule has 0 aromatic rings. The molecule has 0 amide bonds. The van der Waals surface area contributed by atoms with Crippen molar-refractivity contribution >= 4 is 17.9 Å². The number of carbonyl (C=O) groups is 3. The van der Waals surface area contributed by atoms with Crippen LogP contribution in [0.15, 0.2) is 97.2 Å². The van der Waals surface area contributed by atoms with Crippen LogP contribution in [0.25, 0.3) is 0 Å². The standard InChI is InChI=1S/C69H118O6/c1-4-7-10-13-16-19-22-25-28-31-33-34-36-38-41-44-47-50-53-56-59-62-68(71)74-65-66(64-73-67(70)61-58-55-52-49-46-43-40-37-30-27-24-21-18-15-12-9-6-3)75-69(72)63-60-57-54-51-48-45-42-39-35-32-29-26-23-20-17-14-11-8-5-2/h9,12,17-18,20-21,26-27,29-31,33,35,39-40,43,66H,4-8,10-11,13-16,19,22-25,28,32,34,36-38,41-42,44-65H2,1-3H3/b12-9-,20-17-,21-18-,29-26-,30-27-,33-31-,39-35-,43-40-. The lowest BCUT2D eigenvalue weighted by atomic mass is 10.1. The van der Waals surface area contributed by atoms with E-state index in [-0.39, 0.29) is 31.1 Å². The summed E-state index contributed by atoms with van der Waals surface area (Å²) in [5, 5.41) is 0. The zero-order chi connectivity index (χ0) is 54.3. The highest BCUT2D eigenvalue weighted by atomic mass is 16.6. The maximum atomic E-state index is 12.9. The van der Waals surface area contributed by atoms with Gasteiger partial charge >= 0.3 is 17.9 Å². The van der Waals surface area contributed by atoms with Crippen molar-refractivity contribution in [1.82, 2.24) is 0 Å². The van der Waals surface area contributed by atoms with Crippen molar-refractivity contribution in [2.45, 2.75) is 309 Å². The van der Waals surface area contributed by atoms with Crippen LogP contribution in [0.5, 0.6) is 0 Å². The SMILES string of the molecule is CC/C=C\C/C=C\C/C=C\C/C=C\CCCCCCC(=O)OCC(COC(=O)CCCCCCCCCCC/C=C\CCCCCCCCCC)OC(=O)CCCCCCCC/C=C\C/C=C\C/C=C\CCCCC. The second-order valence-corrected chi connectivity index (χ2v) is 20.9. The van der Waals surface area contributed by atoms with Crippen LogP contribution in [0.4, 0.5) is 0 Å². The van der Waals surface area contributed by atoms with E-state index in [2.05, 4.69) is 118 Å². The Kier molecular flexibility index (Phi) is 59.8. The molecule has 6 nitrogen and oxygen atoms in total. The molecule has 0 aromatic heterocycles. The summed E-state index contributed by atoms with van der Waals surface area (Å²) in [4.78, 5) is 38.3. The van der Waals surface area contributed by atoms with Crippen LogP contribution in [0.2, 0.25) is 0 Å². The first kappa shape index (κ1) is 71.3. The average molecular weight is 1040 g/mol. The first-order valence-electron chi connectivity index (χ1n) is 31.7. The lowest BCUT2D eigenvalue weighted by Gasteiger charge is -2.18. The summed E-state index contributed by atoms with van der Waals surface area (Å²) in [5.41, 5.74) is 0. The summed E-state index contributed by atoms with van der Waals surface area (Å²) >= 11 is 0. The number of esters is 3. The number of carbonyl (C=O) groups excluding carboxylic acids is 3. The Morgan fingerprint density at radius 3 is 0.853 bits per heavy atom. The molecule has 0 saturated carbocycles. The molecule has 0 heterocycles. The van der Waals surface area contributed by atoms with Crippen LogP contribution < -0.4 is 0 Å². The Labute approximate surface area is 464 Å². The van der Waals surface area contributed by atoms with Crippen LogP contribution in [0.3, 0.4) is 0 Å². The predicted octanol–water partition coefficient (Wildman–Crippen LogP) is 21.7. The largest absolute Gasteiger partial charge is 0.462 e. The number of allylic oxidation sites excluding steroid dienone is 16. The molecule has 1 atom stereocenters. The zero-order valence-corrected chi connectivity index (χ0v) is 49.3. The minimum atomic E-state index is -0.798. The highest BCUT2D eigenvalue weighted by molar-refractivity contribution is 5.71. The van der Waals surface area contributed by atoms with Crippen LogP contribution in [-0.2, 0) is 28.6 Å². The maximum Gasteiger partial charge on any atom is 0.306 e. The molecule has 75 heavy (non-hydrogen) atoms. The van der Waals surface area contributed by atoms with E-state index in [1.165, 1.54) is 141 Å². The topological polar surface area (TPSA) is 78.9 Å². The zero-order valence-electron chi connectivity index (χ0n) is 49.3. The number of unbranched alkanes of at least 4 members (excludes halogenated alkanes) is 30. The van der Waals surface area contributed by atoms with Gasteiger partial charge in [-0.1, -0.05) is 259 Å². The summed E-state index contributed by atoms with van der Waals surface area (Å²) in [6.07, 6.45) is 84.0. The molecule has 0 bridgehead atoms. The first-order valence-corrected chi connectivity index (χ1v) is 31.7. The van der Waals surface area contributed by atoms with E-state index in [0.717, 1.165) is 122 Å². The maximum absolute atomic E-state index is 12.9. The monoisotopic (exact) mass is 1040 g/mol. The highest BCUT2D eigenvalue weighted by Crippen LogP contribution is 2.15. The lowest BCUT2D eigenvalue weighted by molar-refractivity contribution is -0.167. The van der Waals surface area contributed by atoms with Crippen molar-refractivity contribution in [1.29, 1.82) is 0 Å². The molecule has 430 valence electrons. The van der Waals surface area contributed by atoms with E-state index in [1.54, 1.807) is 0 Å². The summed E-state index contributed by atoms with van der Waals surface area (Å²) < 4.78 is 16.9. The van der Waals surface area contributed by atoms with E-state index >= 15 is 0 Å². The third-order valence-corrected chi connectivity index (χ3v) is 13.5. The van der Waals surface area contributed by atoms with Gasteiger partial charge in [-0.05, 0) is 122 Å². The minimum absolute atomic E-state index is 0.0918. The van der Waals surface area contributed by atoms with E-state index in [0.29, 0.717) is 19.3 Å².